The van der Waals surface area contributed by atoms with Crippen molar-refractivity contribution in [3.63, 3.8) is 0 Å². The first-order valence-corrected chi connectivity index (χ1v) is 20.1. The van der Waals surface area contributed by atoms with Crippen LogP contribution in [0.3, 0.4) is 0 Å². The van der Waals surface area contributed by atoms with Crippen LogP contribution < -0.4 is 10.6 Å². The molecule has 1 aliphatic heterocycles. The normalized spacial score (nSPS) is 21.8. The van der Waals surface area contributed by atoms with Crippen molar-refractivity contribution in [2.75, 3.05) is 49.0 Å². The summed E-state index contributed by atoms with van der Waals surface area (Å²) in [4.78, 5) is 61.4. The second-order valence-corrected chi connectivity index (χ2v) is 16.8. The number of benzene rings is 1. The van der Waals surface area contributed by atoms with Crippen LogP contribution in [0, 0.1) is 29.5 Å². The smallest absolute Gasteiger partial charge is 0.245 e. The number of likely N-dealkylation sites (tertiary alicyclic amines) is 1. The number of nitrogens with one attached hydrogen (secondary N) is 2. The number of rotatable bonds is 21. The maximum absolute atomic E-state index is 14.6. The van der Waals surface area contributed by atoms with Crippen molar-refractivity contribution >= 4 is 29.3 Å². The van der Waals surface area contributed by atoms with Gasteiger partial charge in [0.25, 0.3) is 0 Å². The number of hydrogen-bond donors (Lipinski definition) is 3. The highest BCUT2D eigenvalue weighted by atomic mass is 19.1. The maximum atomic E-state index is 14.6. The summed E-state index contributed by atoms with van der Waals surface area (Å²) < 4.78 is 31.4. The summed E-state index contributed by atoms with van der Waals surface area (Å²) in [6, 6.07) is 2.90. The minimum absolute atomic E-state index is 0.0198. The van der Waals surface area contributed by atoms with E-state index in [2.05, 4.69) is 15.8 Å². The Morgan fingerprint density at radius 3 is 2.00 bits per heavy atom. The van der Waals surface area contributed by atoms with E-state index in [1.165, 1.54) is 38.5 Å². The van der Waals surface area contributed by atoms with E-state index in [9.17, 15) is 28.8 Å². The third-order valence-corrected chi connectivity index (χ3v) is 11.8. The molecule has 1 unspecified atom stereocenters. The summed E-state index contributed by atoms with van der Waals surface area (Å²) in [5, 5.41) is 19.1. The van der Waals surface area contributed by atoms with Crippen LogP contribution in [0.1, 0.15) is 87.1 Å². The third kappa shape index (κ3) is 12.0. The minimum atomic E-state index is -1.00. The van der Waals surface area contributed by atoms with E-state index in [4.69, 9.17) is 14.2 Å². The second-order valence-electron chi connectivity index (χ2n) is 16.8. The van der Waals surface area contributed by atoms with Gasteiger partial charge in [0.05, 0.1) is 54.3 Å². The summed E-state index contributed by atoms with van der Waals surface area (Å²) in [6.07, 6.45) is -0.862. The van der Waals surface area contributed by atoms with Gasteiger partial charge in [-0.15, -0.1) is 0 Å². The van der Waals surface area contributed by atoms with Crippen LogP contribution in [-0.4, -0.2) is 146 Å². The second kappa shape index (κ2) is 21.9. The van der Waals surface area contributed by atoms with Gasteiger partial charge in [-0.05, 0) is 57.8 Å². The molecule has 1 aromatic rings. The molecule has 15 heteroatoms. The average molecular weight is 807 g/mol. The van der Waals surface area contributed by atoms with Crippen LogP contribution in [0.15, 0.2) is 29.4 Å². The molecular weight excluding hydrogens is 735 g/mol. The zero-order chi connectivity index (χ0) is 43.5. The Morgan fingerprint density at radius 2 is 1.54 bits per heavy atom. The number of carbonyl (C=O) groups is 4. The van der Waals surface area contributed by atoms with Crippen LogP contribution in [0.2, 0.25) is 0 Å². The predicted molar refractivity (Wildman–Crippen MR) is 218 cm³/mol. The molecule has 0 aromatic heterocycles. The number of oxime groups is 1. The van der Waals surface area contributed by atoms with E-state index in [1.807, 2.05) is 67.5 Å². The molecule has 1 fully saturated rings. The van der Waals surface area contributed by atoms with Crippen molar-refractivity contribution in [1.29, 1.82) is 0 Å². The average Bonchev–Trinajstić information content (AvgIpc) is 3.50. The number of methoxy groups -OCH3 is 3. The van der Waals surface area contributed by atoms with Gasteiger partial charge >= 0.3 is 0 Å². The molecule has 2 rings (SSSR count). The van der Waals surface area contributed by atoms with Crippen molar-refractivity contribution in [2.45, 2.75) is 130 Å². The van der Waals surface area contributed by atoms with Gasteiger partial charge in [0.15, 0.2) is 0 Å². The molecule has 0 radical (unpaired) electrons. The topological polar surface area (TPSA) is 162 Å². The van der Waals surface area contributed by atoms with Crippen LogP contribution >= 0.6 is 0 Å². The number of carbonyl (C=O) groups excluding carboxylic acids is 4. The molecule has 4 amide bonds. The van der Waals surface area contributed by atoms with Crippen molar-refractivity contribution < 1.29 is 43.0 Å². The van der Waals surface area contributed by atoms with Gasteiger partial charge in [0, 0.05) is 46.9 Å². The van der Waals surface area contributed by atoms with Gasteiger partial charge in [-0.1, -0.05) is 72.2 Å². The monoisotopic (exact) mass is 807 g/mol. The van der Waals surface area contributed by atoms with Crippen molar-refractivity contribution in [3.8, 4) is 0 Å². The van der Waals surface area contributed by atoms with Gasteiger partial charge in [-0.3, -0.25) is 24.1 Å². The zero-order valence-corrected chi connectivity index (χ0v) is 37.0. The molecule has 0 bridgehead atoms. The Morgan fingerprint density at radius 1 is 0.947 bits per heavy atom. The highest BCUT2D eigenvalue weighted by Crippen LogP contribution is 2.39. The van der Waals surface area contributed by atoms with Gasteiger partial charge < -0.3 is 39.9 Å². The molecule has 324 valence electrons. The molecule has 0 spiro atoms. The lowest BCUT2D eigenvalue weighted by Gasteiger charge is -2.44. The SMILES string of the molecule is CCC(C)[C@@H]([C@@H](CC(=O)N1C[C@H](OC)C[C@@]1(C)[C@H](OC)[C@@H](C)C(=O)N[C@H](C)/C(=N/O)c1ccc(F)cc1)OC)N(C)C(=O)[C@@H](NC(=O)[C@H](C(C)C)N(C)C)C(C)C. The quantitative estimate of drug-likeness (QED) is 0.0941. The third-order valence-electron chi connectivity index (χ3n) is 11.8. The zero-order valence-electron chi connectivity index (χ0n) is 37.0. The van der Waals surface area contributed by atoms with Crippen LogP contribution in [0.5, 0.6) is 0 Å². The molecule has 0 aliphatic carbocycles. The lowest BCUT2D eigenvalue weighted by Crippen LogP contribution is -2.61. The van der Waals surface area contributed by atoms with E-state index in [0.29, 0.717) is 18.4 Å². The number of likely N-dealkylation sites (N-methyl/N-ethyl adjacent to an activating group) is 2. The standard InChI is InChI=1S/C42H71FN6O8/c1-16-26(6)37(48(12)41(53)34(24(2)3)45-40(52)36(25(4)5)47(10)11)32(56-14)21-33(50)49-23-31(55-13)22-42(49,9)38(57-15)27(7)39(51)44-28(8)35(46-54)29-17-19-30(43)20-18-29/h17-20,24-28,31-32,34,36-38,54H,16,21-23H2,1-15H3,(H,44,51)(H,45,52)/b46-35-/t26?,27-,28-,31-,32-,34+,36+,37+,38-,42+/m1/s1. The van der Waals surface area contributed by atoms with E-state index in [0.717, 1.165) is 0 Å². The van der Waals surface area contributed by atoms with E-state index in [1.54, 1.807) is 37.8 Å². The first-order valence-electron chi connectivity index (χ1n) is 20.1. The van der Waals surface area contributed by atoms with E-state index < -0.39 is 59.6 Å². The fourth-order valence-electron chi connectivity index (χ4n) is 8.54. The Hall–Kier alpha value is -3.66. The first-order chi connectivity index (χ1) is 26.6. The summed E-state index contributed by atoms with van der Waals surface area (Å²) in [5.41, 5.74) is -0.419. The van der Waals surface area contributed by atoms with Crippen molar-refractivity contribution in [1.82, 2.24) is 25.3 Å². The lowest BCUT2D eigenvalue weighted by molar-refractivity contribution is -0.152. The van der Waals surface area contributed by atoms with E-state index in [-0.39, 0.29) is 60.3 Å². The molecular formula is C42H71FN6O8. The molecule has 1 saturated heterocycles. The van der Waals surface area contributed by atoms with Gasteiger partial charge in [-0.25, -0.2) is 4.39 Å². The Balaban J connectivity index is 2.41. The van der Waals surface area contributed by atoms with Crippen molar-refractivity contribution in [3.05, 3.63) is 35.6 Å². The van der Waals surface area contributed by atoms with Crippen molar-refractivity contribution in [2.24, 2.45) is 28.8 Å². The molecule has 1 aliphatic rings. The number of nitrogens with zero attached hydrogens (tertiary/aromatic N) is 4. The highest BCUT2D eigenvalue weighted by Gasteiger charge is 2.53. The minimum Gasteiger partial charge on any atom is -0.411 e. The number of ether oxygens (including phenoxy) is 3. The first kappa shape index (κ1) is 49.5. The molecule has 57 heavy (non-hydrogen) atoms. The highest BCUT2D eigenvalue weighted by molar-refractivity contribution is 6.05. The summed E-state index contributed by atoms with van der Waals surface area (Å²) >= 11 is 0. The Bertz CT molecular complexity index is 1500. The largest absolute Gasteiger partial charge is 0.411 e. The van der Waals surface area contributed by atoms with E-state index >= 15 is 0 Å². The van der Waals surface area contributed by atoms with Gasteiger partial charge in [0.1, 0.15) is 17.6 Å². The molecule has 3 N–H and O–H groups in total. The Labute approximate surface area is 340 Å². The lowest BCUT2D eigenvalue weighted by atomic mass is 9.82. The fraction of sp³-hybridized carbons (Fsp3) is 0.738. The predicted octanol–water partition coefficient (Wildman–Crippen LogP) is 4.17. The van der Waals surface area contributed by atoms with Crippen LogP contribution in [-0.2, 0) is 33.4 Å². The number of hydrogen-bond acceptors (Lipinski definition) is 10. The summed E-state index contributed by atoms with van der Waals surface area (Å²) in [7, 11) is 9.98. The molecule has 1 heterocycles. The number of amides is 4. The van der Waals surface area contributed by atoms with Gasteiger partial charge in [0.2, 0.25) is 23.6 Å². The molecule has 1 aromatic carbocycles. The summed E-state index contributed by atoms with van der Waals surface area (Å²) in [5.74, 6) is -2.68. The molecule has 10 atom stereocenters. The maximum Gasteiger partial charge on any atom is 0.245 e. The van der Waals surface area contributed by atoms with Crippen LogP contribution in [0.4, 0.5) is 4.39 Å². The molecule has 0 saturated carbocycles. The Kier molecular flexibility index (Phi) is 19.0. The van der Waals surface area contributed by atoms with Crippen LogP contribution in [0.25, 0.3) is 0 Å². The summed E-state index contributed by atoms with van der Waals surface area (Å²) in [6.45, 7) is 17.2. The molecule has 14 nitrogen and oxygen atoms in total. The van der Waals surface area contributed by atoms with Gasteiger partial charge in [-0.2, -0.15) is 0 Å². The fourth-order valence-corrected chi connectivity index (χ4v) is 8.54. The number of halogens is 1.